The van der Waals surface area contributed by atoms with Gasteiger partial charge < -0.3 is 9.46 Å². The standard InChI is InChI=1S/C7H9F3NO4S/c1-5(2)6(12)15-4-3-11-16(13,14)7(8,9)10/h1,3-4H2,2H3/q-1. The lowest BCUT2D eigenvalue weighted by Crippen LogP contribution is -2.23. The SMILES string of the molecule is C=C(C)C(=O)OCC[N-]S(=O)(=O)C(F)(F)F. The van der Waals surface area contributed by atoms with E-state index in [1.54, 1.807) is 0 Å². The highest BCUT2D eigenvalue weighted by atomic mass is 32.2. The number of sulfonamides is 1. The van der Waals surface area contributed by atoms with Gasteiger partial charge in [-0.3, -0.25) is 0 Å². The van der Waals surface area contributed by atoms with Crippen LogP contribution in [-0.4, -0.2) is 33.0 Å². The van der Waals surface area contributed by atoms with Crippen LogP contribution in [0, 0.1) is 0 Å². The lowest BCUT2D eigenvalue weighted by atomic mass is 10.4. The zero-order valence-electron chi connectivity index (χ0n) is 8.24. The van der Waals surface area contributed by atoms with Gasteiger partial charge in [0, 0.05) is 5.57 Å². The third kappa shape index (κ3) is 4.62. The maximum Gasteiger partial charge on any atom is 0.480 e. The molecule has 16 heavy (non-hydrogen) atoms. The second-order valence-electron chi connectivity index (χ2n) is 2.69. The topological polar surface area (TPSA) is 74.5 Å². The fraction of sp³-hybridized carbons (Fsp3) is 0.571. The summed E-state index contributed by atoms with van der Waals surface area (Å²) >= 11 is 0. The van der Waals surface area contributed by atoms with Gasteiger partial charge in [-0.2, -0.15) is 13.2 Å². The Balaban J connectivity index is 4.02. The molecule has 0 aliphatic heterocycles. The van der Waals surface area contributed by atoms with Crippen LogP contribution in [0.5, 0.6) is 0 Å². The smallest absolute Gasteiger partial charge is 0.480 e. The largest absolute Gasteiger partial charge is 0.538 e. The van der Waals surface area contributed by atoms with Gasteiger partial charge >= 0.3 is 11.5 Å². The Bertz CT molecular complexity index is 374. The molecule has 0 rings (SSSR count). The van der Waals surface area contributed by atoms with Crippen LogP contribution < -0.4 is 0 Å². The number of esters is 1. The normalized spacial score (nSPS) is 12.2. The molecular weight excluding hydrogens is 251 g/mol. The van der Waals surface area contributed by atoms with Crippen molar-refractivity contribution in [2.75, 3.05) is 13.2 Å². The molecule has 0 heterocycles. The highest BCUT2D eigenvalue weighted by molar-refractivity contribution is 7.94. The number of carbonyl (C=O) groups excluding carboxylic acids is 1. The van der Waals surface area contributed by atoms with Gasteiger partial charge in [-0.1, -0.05) is 6.58 Å². The predicted molar refractivity (Wildman–Crippen MR) is 49.0 cm³/mol. The van der Waals surface area contributed by atoms with Crippen molar-refractivity contribution in [2.45, 2.75) is 12.4 Å². The molecule has 0 spiro atoms. The Labute approximate surface area is 90.3 Å². The summed E-state index contributed by atoms with van der Waals surface area (Å²) < 4.78 is 62.7. The Morgan fingerprint density at radius 1 is 1.44 bits per heavy atom. The first-order valence-electron chi connectivity index (χ1n) is 3.90. The Kier molecular flexibility index (Phi) is 4.94. The van der Waals surface area contributed by atoms with Crippen LogP contribution in [0.2, 0.25) is 0 Å². The number of nitrogens with zero attached hydrogens (tertiary/aromatic N) is 1. The van der Waals surface area contributed by atoms with Crippen molar-refractivity contribution in [3.63, 3.8) is 0 Å². The van der Waals surface area contributed by atoms with Gasteiger partial charge in [-0.05, 0) is 6.92 Å². The maximum atomic E-state index is 11.7. The van der Waals surface area contributed by atoms with E-state index in [1.807, 2.05) is 0 Å². The molecule has 0 aromatic heterocycles. The first-order chi connectivity index (χ1) is 7.08. The molecule has 5 nitrogen and oxygen atoms in total. The van der Waals surface area contributed by atoms with E-state index in [4.69, 9.17) is 0 Å². The van der Waals surface area contributed by atoms with Gasteiger partial charge in [-0.25, -0.2) is 13.2 Å². The molecule has 0 saturated carbocycles. The molecular formula is C7H9F3NO4S-. The molecule has 0 fully saturated rings. The minimum Gasteiger partial charge on any atom is -0.538 e. The molecule has 0 amide bonds. The summed E-state index contributed by atoms with van der Waals surface area (Å²) in [6.07, 6.45) is 0. The number of ether oxygens (including phenoxy) is 1. The van der Waals surface area contributed by atoms with Crippen LogP contribution in [0.3, 0.4) is 0 Å². The zero-order valence-corrected chi connectivity index (χ0v) is 9.06. The van der Waals surface area contributed by atoms with Crippen molar-refractivity contribution in [1.29, 1.82) is 0 Å². The van der Waals surface area contributed by atoms with Gasteiger partial charge in [0.1, 0.15) is 0 Å². The lowest BCUT2D eigenvalue weighted by molar-refractivity contribution is -0.138. The summed E-state index contributed by atoms with van der Waals surface area (Å²) in [7, 11) is -5.50. The Hall–Kier alpha value is -1.09. The van der Waals surface area contributed by atoms with Gasteiger partial charge in [0.25, 0.3) is 0 Å². The molecule has 9 heteroatoms. The van der Waals surface area contributed by atoms with Crippen LogP contribution in [0.1, 0.15) is 6.92 Å². The fourth-order valence-corrected chi connectivity index (χ4v) is 0.953. The van der Waals surface area contributed by atoms with Crippen LogP contribution >= 0.6 is 0 Å². The van der Waals surface area contributed by atoms with Crippen molar-refractivity contribution >= 4 is 16.0 Å². The van der Waals surface area contributed by atoms with Crippen LogP contribution in [0.15, 0.2) is 12.2 Å². The average Bonchev–Trinajstić information content (AvgIpc) is 2.09. The van der Waals surface area contributed by atoms with Crippen molar-refractivity contribution in [3.05, 3.63) is 16.9 Å². The van der Waals surface area contributed by atoms with Crippen LogP contribution in [0.25, 0.3) is 4.72 Å². The average molecular weight is 260 g/mol. The molecule has 0 N–H and O–H groups in total. The number of hydrogen-bond donors (Lipinski definition) is 0. The number of hydrogen-bond acceptors (Lipinski definition) is 4. The van der Waals surface area contributed by atoms with E-state index in [9.17, 15) is 26.4 Å². The van der Waals surface area contributed by atoms with E-state index >= 15 is 0 Å². The van der Waals surface area contributed by atoms with Gasteiger partial charge in [0.2, 0.25) is 0 Å². The fourth-order valence-electron chi connectivity index (χ4n) is 0.492. The summed E-state index contributed by atoms with van der Waals surface area (Å²) in [6, 6.07) is 0. The second-order valence-corrected chi connectivity index (χ2v) is 4.36. The number of alkyl halides is 3. The number of halogens is 3. The number of carbonyl (C=O) groups is 1. The molecule has 0 radical (unpaired) electrons. The summed E-state index contributed by atoms with van der Waals surface area (Å²) in [5.74, 6) is -0.820. The van der Waals surface area contributed by atoms with Crippen molar-refractivity contribution < 1.29 is 31.1 Å². The molecule has 0 aromatic rings. The molecule has 0 aliphatic rings. The van der Waals surface area contributed by atoms with Crippen molar-refractivity contribution in [3.8, 4) is 0 Å². The monoisotopic (exact) mass is 260 g/mol. The molecule has 0 bridgehead atoms. The number of rotatable bonds is 5. The van der Waals surface area contributed by atoms with E-state index in [-0.39, 0.29) is 5.57 Å². The summed E-state index contributed by atoms with van der Waals surface area (Å²) in [6.45, 7) is 3.23. The van der Waals surface area contributed by atoms with Crippen LogP contribution in [0.4, 0.5) is 13.2 Å². The van der Waals surface area contributed by atoms with E-state index in [0.29, 0.717) is 0 Å². The molecule has 94 valence electrons. The first-order valence-corrected chi connectivity index (χ1v) is 5.34. The summed E-state index contributed by atoms with van der Waals surface area (Å²) in [4.78, 5) is 10.7. The maximum absolute atomic E-state index is 11.7. The first kappa shape index (κ1) is 14.9. The Morgan fingerprint density at radius 2 is 1.94 bits per heavy atom. The van der Waals surface area contributed by atoms with E-state index in [1.165, 1.54) is 6.92 Å². The van der Waals surface area contributed by atoms with Crippen molar-refractivity contribution in [1.82, 2.24) is 0 Å². The molecule has 0 atom stereocenters. The second kappa shape index (κ2) is 5.30. The zero-order chi connectivity index (χ0) is 13.0. The van der Waals surface area contributed by atoms with Gasteiger partial charge in [-0.15, -0.1) is 6.54 Å². The predicted octanol–water partition coefficient (Wildman–Crippen LogP) is 1.33. The highest BCUT2D eigenvalue weighted by Gasteiger charge is 2.38. The molecule has 0 aliphatic carbocycles. The third-order valence-corrected chi connectivity index (χ3v) is 2.33. The molecule has 0 saturated heterocycles. The minimum atomic E-state index is -5.50. The summed E-state index contributed by atoms with van der Waals surface area (Å²) in [5.41, 5.74) is -5.37. The van der Waals surface area contributed by atoms with E-state index in [2.05, 4.69) is 16.0 Å². The van der Waals surface area contributed by atoms with Crippen LogP contribution in [-0.2, 0) is 19.6 Å². The lowest BCUT2D eigenvalue weighted by Gasteiger charge is -2.21. The molecule has 0 unspecified atom stereocenters. The Morgan fingerprint density at radius 3 is 2.31 bits per heavy atom. The van der Waals surface area contributed by atoms with Crippen molar-refractivity contribution in [2.24, 2.45) is 0 Å². The quantitative estimate of drug-likeness (QED) is 0.424. The minimum absolute atomic E-state index is 0.0543. The highest BCUT2D eigenvalue weighted by Crippen LogP contribution is 2.27. The van der Waals surface area contributed by atoms with Gasteiger partial charge in [0.15, 0.2) is 10.0 Å². The van der Waals surface area contributed by atoms with Gasteiger partial charge in [0.05, 0.1) is 6.61 Å². The molecule has 0 aromatic carbocycles. The van der Waals surface area contributed by atoms with E-state index in [0.717, 1.165) is 0 Å². The third-order valence-electron chi connectivity index (χ3n) is 1.23. The van der Waals surface area contributed by atoms with E-state index < -0.39 is 34.7 Å². The summed E-state index contributed by atoms with van der Waals surface area (Å²) in [5, 5.41) is 0.